The van der Waals surface area contributed by atoms with Crippen LogP contribution in [0.1, 0.15) is 40.4 Å². The molecule has 0 aliphatic carbocycles. The second-order valence-electron chi connectivity index (χ2n) is 8.41. The van der Waals surface area contributed by atoms with Crippen molar-refractivity contribution in [2.75, 3.05) is 38.9 Å². The molecule has 9 heteroatoms. The zero-order valence-electron chi connectivity index (χ0n) is 19.9. The van der Waals surface area contributed by atoms with E-state index >= 15 is 0 Å². The first-order valence-corrected chi connectivity index (χ1v) is 11.3. The fourth-order valence-electron chi connectivity index (χ4n) is 3.80. The molecule has 1 atom stereocenters. The van der Waals surface area contributed by atoms with E-state index in [0.29, 0.717) is 36.0 Å². The number of alkyl halides is 1. The number of amides is 1. The van der Waals surface area contributed by atoms with Gasteiger partial charge in [0, 0.05) is 30.6 Å². The van der Waals surface area contributed by atoms with Gasteiger partial charge in [-0.1, -0.05) is 6.07 Å². The number of benzene rings is 1. The molecule has 4 rings (SSSR count). The van der Waals surface area contributed by atoms with Crippen molar-refractivity contribution >= 4 is 11.6 Å². The topological polar surface area (TPSA) is 103 Å². The number of ether oxygens (including phenoxy) is 3. The lowest BCUT2D eigenvalue weighted by molar-refractivity contribution is -0.204. The number of nitrogens with zero attached hydrogens (tertiary/aromatic N) is 2. The Balaban J connectivity index is 1.67. The molecule has 2 aromatic heterocycles. The molecule has 35 heavy (non-hydrogen) atoms. The van der Waals surface area contributed by atoms with Crippen LogP contribution < -0.4 is 10.1 Å². The molecule has 1 amide bonds. The summed E-state index contributed by atoms with van der Waals surface area (Å²) in [6, 6.07) is 12.3. The second-order valence-corrected chi connectivity index (χ2v) is 8.41. The number of rotatable bonds is 9. The van der Waals surface area contributed by atoms with Crippen LogP contribution in [0.25, 0.3) is 11.1 Å². The van der Waals surface area contributed by atoms with E-state index < -0.39 is 11.8 Å². The van der Waals surface area contributed by atoms with E-state index in [-0.39, 0.29) is 24.8 Å². The molecule has 8 nitrogen and oxygen atoms in total. The van der Waals surface area contributed by atoms with Crippen molar-refractivity contribution in [1.29, 1.82) is 0 Å². The Morgan fingerprint density at radius 1 is 1.26 bits per heavy atom. The van der Waals surface area contributed by atoms with E-state index in [0.717, 1.165) is 16.7 Å². The monoisotopic (exact) mass is 481 g/mol. The van der Waals surface area contributed by atoms with Crippen molar-refractivity contribution in [2.45, 2.75) is 25.6 Å². The van der Waals surface area contributed by atoms with Gasteiger partial charge in [0.1, 0.15) is 12.8 Å². The number of halogens is 1. The third-order valence-electron chi connectivity index (χ3n) is 5.93. The molecule has 2 N–H and O–H groups in total. The van der Waals surface area contributed by atoms with Gasteiger partial charge in [-0.3, -0.25) is 9.78 Å². The first-order valence-electron chi connectivity index (χ1n) is 11.3. The standard InChI is InChI=1S/C26H28FN3O5/c1-16-4-5-20(29-25(32)18-6-7-28-22(10-18)17(2)27)13-21(16)19-11-23(26(33-3)14-34-15-26)30-24(12-19)35-9-8-31/h4-7,10-13,17,31H,8-9,14-15H2,1-3H3,(H,29,32). The van der Waals surface area contributed by atoms with Crippen LogP contribution in [0.4, 0.5) is 10.1 Å². The third-order valence-corrected chi connectivity index (χ3v) is 5.93. The normalized spacial score (nSPS) is 15.2. The average molecular weight is 482 g/mol. The lowest BCUT2D eigenvalue weighted by atomic mass is 9.92. The van der Waals surface area contributed by atoms with E-state index in [4.69, 9.17) is 14.2 Å². The molecule has 3 heterocycles. The van der Waals surface area contributed by atoms with Crippen LogP contribution in [0.2, 0.25) is 0 Å². The molecular formula is C26H28FN3O5. The van der Waals surface area contributed by atoms with E-state index in [1.165, 1.54) is 19.2 Å². The van der Waals surface area contributed by atoms with Crippen molar-refractivity contribution in [3.05, 3.63) is 71.2 Å². The van der Waals surface area contributed by atoms with Crippen molar-refractivity contribution in [2.24, 2.45) is 0 Å². The predicted molar refractivity (Wildman–Crippen MR) is 128 cm³/mol. The van der Waals surface area contributed by atoms with E-state index in [1.807, 2.05) is 25.1 Å². The lowest BCUT2D eigenvalue weighted by Crippen LogP contribution is -2.48. The van der Waals surface area contributed by atoms with Crippen molar-refractivity contribution in [1.82, 2.24) is 9.97 Å². The zero-order valence-corrected chi connectivity index (χ0v) is 19.9. The van der Waals surface area contributed by atoms with Gasteiger partial charge in [-0.05, 0) is 60.9 Å². The fraction of sp³-hybridized carbons (Fsp3) is 0.346. The summed E-state index contributed by atoms with van der Waals surface area (Å²) >= 11 is 0. The molecule has 0 bridgehead atoms. The fourth-order valence-corrected chi connectivity index (χ4v) is 3.80. The Bertz CT molecular complexity index is 1210. The minimum atomic E-state index is -1.27. The summed E-state index contributed by atoms with van der Waals surface area (Å²) in [6.07, 6.45) is 0.150. The largest absolute Gasteiger partial charge is 0.475 e. The number of aliphatic hydroxyl groups excluding tert-OH is 1. The van der Waals surface area contributed by atoms with Gasteiger partial charge in [0.25, 0.3) is 5.91 Å². The van der Waals surface area contributed by atoms with Gasteiger partial charge < -0.3 is 24.6 Å². The number of aliphatic hydroxyl groups is 1. The van der Waals surface area contributed by atoms with Crippen LogP contribution in [0.3, 0.4) is 0 Å². The smallest absolute Gasteiger partial charge is 0.255 e. The number of anilines is 1. The number of hydrogen-bond donors (Lipinski definition) is 2. The van der Waals surface area contributed by atoms with Crippen molar-refractivity contribution < 1.29 is 28.5 Å². The molecule has 0 spiro atoms. The molecule has 1 aliphatic rings. The molecular weight excluding hydrogens is 453 g/mol. The van der Waals surface area contributed by atoms with E-state index in [1.54, 1.807) is 25.3 Å². The Morgan fingerprint density at radius 2 is 2.06 bits per heavy atom. The molecule has 0 radical (unpaired) electrons. The van der Waals surface area contributed by atoms with E-state index in [2.05, 4.69) is 15.3 Å². The molecule has 1 aromatic carbocycles. The summed E-state index contributed by atoms with van der Waals surface area (Å²) < 4.78 is 30.3. The zero-order chi connectivity index (χ0) is 25.0. The summed E-state index contributed by atoms with van der Waals surface area (Å²) in [5, 5.41) is 12.1. The predicted octanol–water partition coefficient (Wildman–Crippen LogP) is 3.98. The summed E-state index contributed by atoms with van der Waals surface area (Å²) in [5.74, 6) is -0.00943. The Morgan fingerprint density at radius 3 is 2.71 bits per heavy atom. The van der Waals surface area contributed by atoms with Crippen LogP contribution in [0, 0.1) is 6.92 Å². The van der Waals surface area contributed by atoms with Gasteiger partial charge >= 0.3 is 0 Å². The SMILES string of the molecule is COC1(c2cc(-c3cc(NC(=O)c4ccnc(C(C)F)c4)ccc3C)cc(OCCO)n2)COC1. The first kappa shape index (κ1) is 24.7. The van der Waals surface area contributed by atoms with Crippen molar-refractivity contribution in [3.8, 4) is 17.0 Å². The molecule has 0 saturated carbocycles. The lowest BCUT2D eigenvalue weighted by Gasteiger charge is -2.39. The summed E-state index contributed by atoms with van der Waals surface area (Å²) in [6.45, 7) is 4.05. The van der Waals surface area contributed by atoms with Crippen LogP contribution in [-0.2, 0) is 15.1 Å². The highest BCUT2D eigenvalue weighted by atomic mass is 19.1. The second kappa shape index (κ2) is 10.5. The van der Waals surface area contributed by atoms with Gasteiger partial charge in [-0.25, -0.2) is 9.37 Å². The van der Waals surface area contributed by atoms with Crippen LogP contribution in [0.15, 0.2) is 48.7 Å². The maximum atomic E-state index is 13.6. The number of methoxy groups -OCH3 is 1. The van der Waals surface area contributed by atoms with Gasteiger partial charge in [0.15, 0.2) is 5.60 Å². The molecule has 1 fully saturated rings. The number of nitrogens with one attached hydrogen (secondary N) is 1. The number of carbonyl (C=O) groups is 1. The van der Waals surface area contributed by atoms with Crippen LogP contribution >= 0.6 is 0 Å². The van der Waals surface area contributed by atoms with Gasteiger partial charge in [0.05, 0.1) is 31.2 Å². The highest BCUT2D eigenvalue weighted by molar-refractivity contribution is 6.04. The van der Waals surface area contributed by atoms with Gasteiger partial charge in [0.2, 0.25) is 5.88 Å². The van der Waals surface area contributed by atoms with Crippen LogP contribution in [-0.4, -0.2) is 54.5 Å². The number of carbonyl (C=O) groups excluding carboxylic acids is 1. The number of aromatic nitrogens is 2. The summed E-state index contributed by atoms with van der Waals surface area (Å²) in [4.78, 5) is 21.4. The van der Waals surface area contributed by atoms with Gasteiger partial charge in [-0.15, -0.1) is 0 Å². The average Bonchev–Trinajstić information content (AvgIpc) is 2.83. The van der Waals surface area contributed by atoms with Crippen molar-refractivity contribution in [3.63, 3.8) is 0 Å². The Kier molecular flexibility index (Phi) is 7.39. The maximum absolute atomic E-state index is 13.6. The first-order chi connectivity index (χ1) is 16.8. The molecule has 1 aliphatic heterocycles. The third kappa shape index (κ3) is 5.32. The minimum absolute atomic E-state index is 0.104. The highest BCUT2D eigenvalue weighted by Gasteiger charge is 2.42. The Labute approximate surface area is 203 Å². The molecule has 184 valence electrons. The van der Waals surface area contributed by atoms with Crippen LogP contribution in [0.5, 0.6) is 5.88 Å². The molecule has 1 saturated heterocycles. The summed E-state index contributed by atoms with van der Waals surface area (Å²) in [7, 11) is 1.61. The number of aryl methyl sites for hydroxylation is 1. The highest BCUT2D eigenvalue weighted by Crippen LogP contribution is 2.37. The minimum Gasteiger partial charge on any atom is -0.475 e. The quantitative estimate of drug-likeness (QED) is 0.477. The molecule has 1 unspecified atom stereocenters. The Hall–Kier alpha value is -3.40. The number of pyridine rings is 2. The van der Waals surface area contributed by atoms with Gasteiger partial charge in [-0.2, -0.15) is 0 Å². The number of hydrogen-bond acceptors (Lipinski definition) is 7. The van der Waals surface area contributed by atoms with E-state index in [9.17, 15) is 14.3 Å². The summed E-state index contributed by atoms with van der Waals surface area (Å²) in [5.41, 5.74) is 3.74. The molecule has 3 aromatic rings. The maximum Gasteiger partial charge on any atom is 0.255 e.